The summed E-state index contributed by atoms with van der Waals surface area (Å²) < 4.78 is 10.5. The SMILES string of the molecule is CC(=O)NC1CCN(C(=O)c2ccc3c(c2)OCO3)CC1. The summed E-state index contributed by atoms with van der Waals surface area (Å²) in [5, 5.41) is 2.90. The molecule has 0 aromatic heterocycles. The molecule has 2 amide bonds. The van der Waals surface area contributed by atoms with E-state index in [2.05, 4.69) is 5.32 Å². The van der Waals surface area contributed by atoms with Crippen molar-refractivity contribution in [2.75, 3.05) is 19.9 Å². The minimum atomic E-state index is -0.0180. The molecule has 6 heteroatoms. The van der Waals surface area contributed by atoms with Crippen LogP contribution in [0.3, 0.4) is 0 Å². The molecule has 1 aromatic carbocycles. The van der Waals surface area contributed by atoms with E-state index in [1.165, 1.54) is 6.92 Å². The third kappa shape index (κ3) is 2.94. The molecule has 0 spiro atoms. The highest BCUT2D eigenvalue weighted by Gasteiger charge is 2.25. The van der Waals surface area contributed by atoms with Crippen molar-refractivity contribution in [2.24, 2.45) is 0 Å². The number of amides is 2. The Morgan fingerprint density at radius 2 is 1.90 bits per heavy atom. The van der Waals surface area contributed by atoms with E-state index in [9.17, 15) is 9.59 Å². The van der Waals surface area contributed by atoms with Crippen LogP contribution < -0.4 is 14.8 Å². The van der Waals surface area contributed by atoms with Crippen molar-refractivity contribution >= 4 is 11.8 Å². The first-order valence-electron chi connectivity index (χ1n) is 7.09. The summed E-state index contributed by atoms with van der Waals surface area (Å²) >= 11 is 0. The van der Waals surface area contributed by atoms with Crippen LogP contribution in [0.25, 0.3) is 0 Å². The standard InChI is InChI=1S/C15H18N2O4/c1-10(18)16-12-4-6-17(7-5-12)15(19)11-2-3-13-14(8-11)21-9-20-13/h2-3,8,12H,4-7,9H2,1H3,(H,16,18). The van der Waals surface area contributed by atoms with Gasteiger partial charge in [0.15, 0.2) is 11.5 Å². The normalized spacial score (nSPS) is 17.7. The Labute approximate surface area is 123 Å². The number of carbonyl (C=O) groups is 2. The first-order valence-corrected chi connectivity index (χ1v) is 7.09. The third-order valence-corrected chi connectivity index (χ3v) is 3.81. The van der Waals surface area contributed by atoms with Gasteiger partial charge in [0.05, 0.1) is 0 Å². The zero-order valence-electron chi connectivity index (χ0n) is 11.9. The number of piperidine rings is 1. The lowest BCUT2D eigenvalue weighted by Crippen LogP contribution is -2.46. The molecule has 3 rings (SSSR count). The number of benzene rings is 1. The fraction of sp³-hybridized carbons (Fsp3) is 0.467. The molecule has 0 saturated carbocycles. The Kier molecular flexibility index (Phi) is 3.68. The van der Waals surface area contributed by atoms with Crippen LogP contribution in [-0.2, 0) is 4.79 Å². The molecule has 21 heavy (non-hydrogen) atoms. The van der Waals surface area contributed by atoms with E-state index in [0.717, 1.165) is 12.8 Å². The van der Waals surface area contributed by atoms with Crippen molar-refractivity contribution in [2.45, 2.75) is 25.8 Å². The number of likely N-dealkylation sites (tertiary alicyclic amines) is 1. The molecule has 0 aliphatic carbocycles. The molecule has 6 nitrogen and oxygen atoms in total. The quantitative estimate of drug-likeness (QED) is 0.887. The number of rotatable bonds is 2. The lowest BCUT2D eigenvalue weighted by Gasteiger charge is -2.32. The van der Waals surface area contributed by atoms with Gasteiger partial charge in [-0.3, -0.25) is 9.59 Å². The minimum Gasteiger partial charge on any atom is -0.454 e. The Hall–Kier alpha value is -2.24. The van der Waals surface area contributed by atoms with Gasteiger partial charge in [-0.1, -0.05) is 0 Å². The molecule has 0 atom stereocenters. The first-order chi connectivity index (χ1) is 10.1. The van der Waals surface area contributed by atoms with E-state index in [4.69, 9.17) is 9.47 Å². The molecule has 2 aliphatic rings. The van der Waals surface area contributed by atoms with E-state index in [0.29, 0.717) is 30.2 Å². The molecule has 2 heterocycles. The second-order valence-corrected chi connectivity index (χ2v) is 5.34. The van der Waals surface area contributed by atoms with Crippen LogP contribution in [0.15, 0.2) is 18.2 Å². The van der Waals surface area contributed by atoms with Crippen LogP contribution in [0.1, 0.15) is 30.1 Å². The van der Waals surface area contributed by atoms with Crippen LogP contribution in [0, 0.1) is 0 Å². The molecular weight excluding hydrogens is 272 g/mol. The number of carbonyl (C=O) groups excluding carboxylic acids is 2. The van der Waals surface area contributed by atoms with Gasteiger partial charge in [0.2, 0.25) is 12.7 Å². The molecule has 1 N–H and O–H groups in total. The molecular formula is C15H18N2O4. The number of nitrogens with zero attached hydrogens (tertiary/aromatic N) is 1. The lowest BCUT2D eigenvalue weighted by molar-refractivity contribution is -0.119. The molecule has 1 fully saturated rings. The van der Waals surface area contributed by atoms with Crippen molar-refractivity contribution in [3.63, 3.8) is 0 Å². The highest BCUT2D eigenvalue weighted by atomic mass is 16.7. The van der Waals surface area contributed by atoms with E-state index < -0.39 is 0 Å². The van der Waals surface area contributed by atoms with E-state index in [-0.39, 0.29) is 24.6 Å². The summed E-state index contributed by atoms with van der Waals surface area (Å²) in [5.74, 6) is 1.27. The highest BCUT2D eigenvalue weighted by Crippen LogP contribution is 2.33. The maximum absolute atomic E-state index is 12.5. The van der Waals surface area contributed by atoms with Gasteiger partial charge in [-0.15, -0.1) is 0 Å². The number of fused-ring (bicyclic) bond motifs is 1. The zero-order valence-corrected chi connectivity index (χ0v) is 11.9. The smallest absolute Gasteiger partial charge is 0.253 e. The van der Waals surface area contributed by atoms with Crippen LogP contribution >= 0.6 is 0 Å². The lowest BCUT2D eigenvalue weighted by atomic mass is 10.0. The molecule has 0 unspecified atom stereocenters. The average Bonchev–Trinajstić information content (AvgIpc) is 2.94. The zero-order chi connectivity index (χ0) is 14.8. The topological polar surface area (TPSA) is 67.9 Å². The van der Waals surface area contributed by atoms with Gasteiger partial charge in [0, 0.05) is 31.6 Å². The summed E-state index contributed by atoms with van der Waals surface area (Å²) in [6, 6.07) is 5.42. The summed E-state index contributed by atoms with van der Waals surface area (Å²) in [6.45, 7) is 3.02. The van der Waals surface area contributed by atoms with Gasteiger partial charge in [-0.2, -0.15) is 0 Å². The van der Waals surface area contributed by atoms with Gasteiger partial charge in [-0.25, -0.2) is 0 Å². The summed E-state index contributed by atoms with van der Waals surface area (Å²) in [4.78, 5) is 25.3. The number of hydrogen-bond donors (Lipinski definition) is 1. The number of hydrogen-bond acceptors (Lipinski definition) is 4. The minimum absolute atomic E-state index is 0.00502. The average molecular weight is 290 g/mol. The van der Waals surface area contributed by atoms with Gasteiger partial charge < -0.3 is 19.7 Å². The number of nitrogens with one attached hydrogen (secondary N) is 1. The second kappa shape index (κ2) is 5.63. The Morgan fingerprint density at radius 1 is 1.19 bits per heavy atom. The van der Waals surface area contributed by atoms with Crippen molar-refractivity contribution < 1.29 is 19.1 Å². The summed E-state index contributed by atoms with van der Waals surface area (Å²) in [6.07, 6.45) is 1.58. The molecule has 0 bridgehead atoms. The molecule has 112 valence electrons. The van der Waals surface area contributed by atoms with Crippen molar-refractivity contribution in [1.29, 1.82) is 0 Å². The van der Waals surface area contributed by atoms with Crippen LogP contribution in [0.5, 0.6) is 11.5 Å². The molecule has 2 aliphatic heterocycles. The highest BCUT2D eigenvalue weighted by molar-refractivity contribution is 5.95. The molecule has 1 saturated heterocycles. The van der Waals surface area contributed by atoms with Crippen LogP contribution in [-0.4, -0.2) is 42.6 Å². The Bertz CT molecular complexity index is 565. The van der Waals surface area contributed by atoms with E-state index >= 15 is 0 Å². The summed E-state index contributed by atoms with van der Waals surface area (Å²) in [5.41, 5.74) is 0.609. The molecule has 1 aromatic rings. The fourth-order valence-electron chi connectivity index (χ4n) is 2.73. The van der Waals surface area contributed by atoms with Gasteiger partial charge >= 0.3 is 0 Å². The summed E-state index contributed by atoms with van der Waals surface area (Å²) in [7, 11) is 0. The van der Waals surface area contributed by atoms with Gasteiger partial charge in [-0.05, 0) is 31.0 Å². The van der Waals surface area contributed by atoms with Gasteiger partial charge in [0.1, 0.15) is 0 Å². The Morgan fingerprint density at radius 3 is 2.62 bits per heavy atom. The van der Waals surface area contributed by atoms with Crippen LogP contribution in [0.4, 0.5) is 0 Å². The van der Waals surface area contributed by atoms with Crippen molar-refractivity contribution in [3.05, 3.63) is 23.8 Å². The van der Waals surface area contributed by atoms with Gasteiger partial charge in [0.25, 0.3) is 5.91 Å². The first kappa shape index (κ1) is 13.7. The van der Waals surface area contributed by atoms with Crippen molar-refractivity contribution in [1.82, 2.24) is 10.2 Å². The third-order valence-electron chi connectivity index (χ3n) is 3.81. The predicted octanol–water partition coefficient (Wildman–Crippen LogP) is 1.16. The second-order valence-electron chi connectivity index (χ2n) is 5.34. The largest absolute Gasteiger partial charge is 0.454 e. The predicted molar refractivity (Wildman–Crippen MR) is 75.3 cm³/mol. The maximum Gasteiger partial charge on any atom is 0.253 e. The van der Waals surface area contributed by atoms with E-state index in [1.54, 1.807) is 18.2 Å². The maximum atomic E-state index is 12.5. The molecule has 0 radical (unpaired) electrons. The van der Waals surface area contributed by atoms with Crippen molar-refractivity contribution in [3.8, 4) is 11.5 Å². The van der Waals surface area contributed by atoms with E-state index in [1.807, 2.05) is 4.90 Å². The van der Waals surface area contributed by atoms with Crippen LogP contribution in [0.2, 0.25) is 0 Å². The Balaban J connectivity index is 1.63. The number of ether oxygens (including phenoxy) is 2. The fourth-order valence-corrected chi connectivity index (χ4v) is 2.73. The monoisotopic (exact) mass is 290 g/mol.